The maximum absolute atomic E-state index is 5.78. The van der Waals surface area contributed by atoms with Crippen LogP contribution in [0.15, 0.2) is 54.9 Å². The SMILES string of the molecule is Cc1cccc(N[C@H](C)c2ccc(OCc3nccn3C)cc2)n1. The van der Waals surface area contributed by atoms with Gasteiger partial charge in [-0.05, 0) is 43.7 Å². The molecule has 0 radical (unpaired) electrons. The Hall–Kier alpha value is -2.82. The van der Waals surface area contributed by atoms with Gasteiger partial charge in [0, 0.05) is 31.2 Å². The minimum Gasteiger partial charge on any atom is -0.486 e. The molecule has 1 atom stereocenters. The fraction of sp³-hybridized carbons (Fsp3) is 0.263. The van der Waals surface area contributed by atoms with E-state index in [1.54, 1.807) is 6.20 Å². The van der Waals surface area contributed by atoms with Crippen molar-refractivity contribution in [2.75, 3.05) is 5.32 Å². The van der Waals surface area contributed by atoms with E-state index in [2.05, 4.69) is 34.3 Å². The summed E-state index contributed by atoms with van der Waals surface area (Å²) < 4.78 is 7.74. The quantitative estimate of drug-likeness (QED) is 0.748. The van der Waals surface area contributed by atoms with Crippen molar-refractivity contribution in [3.05, 3.63) is 71.9 Å². The molecule has 0 bridgehead atoms. The minimum atomic E-state index is 0.169. The third-order valence-corrected chi connectivity index (χ3v) is 3.92. The highest BCUT2D eigenvalue weighted by Crippen LogP contribution is 2.21. The third-order valence-electron chi connectivity index (χ3n) is 3.92. The van der Waals surface area contributed by atoms with Crippen LogP contribution in [0.25, 0.3) is 0 Å². The molecular formula is C19H22N4O. The summed E-state index contributed by atoms with van der Waals surface area (Å²) in [4.78, 5) is 8.73. The van der Waals surface area contributed by atoms with Gasteiger partial charge < -0.3 is 14.6 Å². The summed E-state index contributed by atoms with van der Waals surface area (Å²) in [6, 6.07) is 14.3. The first-order valence-corrected chi connectivity index (χ1v) is 8.01. The van der Waals surface area contributed by atoms with E-state index in [0.717, 1.165) is 23.1 Å². The molecule has 2 aromatic heterocycles. The molecule has 5 nitrogen and oxygen atoms in total. The average Bonchev–Trinajstić information content (AvgIpc) is 2.98. The lowest BCUT2D eigenvalue weighted by Crippen LogP contribution is -2.08. The molecule has 0 spiro atoms. The molecule has 124 valence electrons. The van der Waals surface area contributed by atoms with E-state index >= 15 is 0 Å². The first-order valence-electron chi connectivity index (χ1n) is 8.01. The first-order chi connectivity index (χ1) is 11.6. The fourth-order valence-electron chi connectivity index (χ4n) is 2.46. The van der Waals surface area contributed by atoms with Crippen LogP contribution in [0.2, 0.25) is 0 Å². The normalized spacial score (nSPS) is 12.0. The van der Waals surface area contributed by atoms with Crippen molar-refractivity contribution in [2.24, 2.45) is 7.05 Å². The second kappa shape index (κ2) is 7.17. The van der Waals surface area contributed by atoms with Crippen LogP contribution in [-0.2, 0) is 13.7 Å². The lowest BCUT2D eigenvalue weighted by molar-refractivity contribution is 0.291. The van der Waals surface area contributed by atoms with Crippen LogP contribution >= 0.6 is 0 Å². The number of anilines is 1. The number of imidazole rings is 1. The average molecular weight is 322 g/mol. The zero-order valence-corrected chi connectivity index (χ0v) is 14.2. The Morgan fingerprint density at radius 1 is 1.17 bits per heavy atom. The Balaban J connectivity index is 1.60. The molecule has 0 aliphatic carbocycles. The van der Waals surface area contributed by atoms with E-state index in [9.17, 15) is 0 Å². The predicted octanol–water partition coefficient (Wildman–Crippen LogP) is 3.88. The fourth-order valence-corrected chi connectivity index (χ4v) is 2.46. The number of rotatable bonds is 6. The molecule has 2 heterocycles. The van der Waals surface area contributed by atoms with E-state index < -0.39 is 0 Å². The minimum absolute atomic E-state index is 0.169. The summed E-state index contributed by atoms with van der Waals surface area (Å²) in [5, 5.41) is 3.42. The van der Waals surface area contributed by atoms with Gasteiger partial charge in [0.2, 0.25) is 0 Å². The summed E-state index contributed by atoms with van der Waals surface area (Å²) in [6.07, 6.45) is 3.68. The van der Waals surface area contributed by atoms with Gasteiger partial charge in [0.25, 0.3) is 0 Å². The highest BCUT2D eigenvalue weighted by Gasteiger charge is 2.07. The van der Waals surface area contributed by atoms with E-state index in [-0.39, 0.29) is 6.04 Å². The summed E-state index contributed by atoms with van der Waals surface area (Å²) in [7, 11) is 1.96. The Morgan fingerprint density at radius 3 is 2.62 bits per heavy atom. The number of hydrogen-bond acceptors (Lipinski definition) is 4. The van der Waals surface area contributed by atoms with Crippen LogP contribution in [0.4, 0.5) is 5.82 Å². The monoisotopic (exact) mass is 322 g/mol. The summed E-state index contributed by atoms with van der Waals surface area (Å²) in [5.41, 5.74) is 2.19. The van der Waals surface area contributed by atoms with Gasteiger partial charge in [-0.3, -0.25) is 0 Å². The van der Waals surface area contributed by atoms with Gasteiger partial charge in [-0.25, -0.2) is 9.97 Å². The van der Waals surface area contributed by atoms with Gasteiger partial charge in [0.1, 0.15) is 24.0 Å². The Morgan fingerprint density at radius 2 is 1.96 bits per heavy atom. The van der Waals surface area contributed by atoms with Crippen LogP contribution in [0.1, 0.15) is 30.0 Å². The van der Waals surface area contributed by atoms with Gasteiger partial charge in [0.05, 0.1) is 0 Å². The highest BCUT2D eigenvalue weighted by atomic mass is 16.5. The molecule has 0 aliphatic heterocycles. The molecule has 0 aliphatic rings. The zero-order valence-electron chi connectivity index (χ0n) is 14.2. The number of pyridine rings is 1. The molecule has 0 saturated heterocycles. The summed E-state index contributed by atoms with van der Waals surface area (Å²) >= 11 is 0. The summed E-state index contributed by atoms with van der Waals surface area (Å²) in [5.74, 6) is 2.62. The molecule has 24 heavy (non-hydrogen) atoms. The van der Waals surface area contributed by atoms with Gasteiger partial charge in [0.15, 0.2) is 0 Å². The van der Waals surface area contributed by atoms with Gasteiger partial charge in [-0.1, -0.05) is 18.2 Å². The number of ether oxygens (including phenoxy) is 1. The topological polar surface area (TPSA) is 52.0 Å². The molecule has 3 aromatic rings. The van der Waals surface area contributed by atoms with Crippen molar-refractivity contribution in [3.8, 4) is 5.75 Å². The van der Waals surface area contributed by atoms with Crippen molar-refractivity contribution in [2.45, 2.75) is 26.5 Å². The van der Waals surface area contributed by atoms with E-state index in [1.165, 1.54) is 5.56 Å². The van der Waals surface area contributed by atoms with E-state index in [0.29, 0.717) is 6.61 Å². The molecule has 5 heteroatoms. The number of aryl methyl sites for hydroxylation is 2. The Bertz CT molecular complexity index is 795. The number of hydrogen-bond donors (Lipinski definition) is 1. The smallest absolute Gasteiger partial charge is 0.146 e. The second-order valence-electron chi connectivity index (χ2n) is 5.84. The molecule has 3 rings (SSSR count). The van der Waals surface area contributed by atoms with Gasteiger partial charge in [-0.15, -0.1) is 0 Å². The number of aromatic nitrogens is 3. The van der Waals surface area contributed by atoms with Gasteiger partial charge >= 0.3 is 0 Å². The van der Waals surface area contributed by atoms with Crippen LogP contribution < -0.4 is 10.1 Å². The molecule has 1 N–H and O–H groups in total. The van der Waals surface area contributed by atoms with Crippen molar-refractivity contribution in [1.82, 2.24) is 14.5 Å². The summed E-state index contributed by atoms with van der Waals surface area (Å²) in [6.45, 7) is 4.57. The maximum atomic E-state index is 5.78. The van der Waals surface area contributed by atoms with Crippen LogP contribution in [-0.4, -0.2) is 14.5 Å². The molecule has 0 amide bonds. The Labute approximate surface area is 142 Å². The van der Waals surface area contributed by atoms with Crippen molar-refractivity contribution < 1.29 is 4.74 Å². The van der Waals surface area contributed by atoms with Gasteiger partial charge in [-0.2, -0.15) is 0 Å². The number of nitrogens with zero attached hydrogens (tertiary/aromatic N) is 3. The van der Waals surface area contributed by atoms with Crippen molar-refractivity contribution in [1.29, 1.82) is 0 Å². The number of nitrogens with one attached hydrogen (secondary N) is 1. The predicted molar refractivity (Wildman–Crippen MR) is 95.0 cm³/mol. The Kier molecular flexibility index (Phi) is 4.79. The molecule has 0 fully saturated rings. The molecule has 0 saturated carbocycles. The highest BCUT2D eigenvalue weighted by molar-refractivity contribution is 5.39. The lowest BCUT2D eigenvalue weighted by Gasteiger charge is -2.16. The third kappa shape index (κ3) is 3.93. The first kappa shape index (κ1) is 16.1. The van der Waals surface area contributed by atoms with E-state index in [4.69, 9.17) is 4.74 Å². The molecule has 1 aromatic carbocycles. The lowest BCUT2D eigenvalue weighted by atomic mass is 10.1. The molecular weight excluding hydrogens is 300 g/mol. The van der Waals surface area contributed by atoms with Crippen LogP contribution in [0, 0.1) is 6.92 Å². The van der Waals surface area contributed by atoms with Crippen molar-refractivity contribution >= 4 is 5.82 Å². The zero-order chi connectivity index (χ0) is 16.9. The largest absolute Gasteiger partial charge is 0.486 e. The van der Waals surface area contributed by atoms with Crippen LogP contribution in [0.3, 0.4) is 0 Å². The van der Waals surface area contributed by atoms with E-state index in [1.807, 2.05) is 55.1 Å². The maximum Gasteiger partial charge on any atom is 0.146 e. The number of benzene rings is 1. The van der Waals surface area contributed by atoms with Crippen molar-refractivity contribution in [3.63, 3.8) is 0 Å². The standard InChI is InChI=1S/C19H22N4O/c1-14-5-4-6-18(21-14)22-15(2)16-7-9-17(10-8-16)24-13-19-20-11-12-23(19)3/h4-12,15H,13H2,1-3H3,(H,21,22)/t15-/m1/s1. The molecule has 0 unspecified atom stereocenters. The second-order valence-corrected chi connectivity index (χ2v) is 5.84. The van der Waals surface area contributed by atoms with Crippen LogP contribution in [0.5, 0.6) is 5.75 Å².